The van der Waals surface area contributed by atoms with E-state index in [0.717, 1.165) is 6.42 Å². The molecule has 0 bridgehead atoms. The third-order valence-electron chi connectivity index (χ3n) is 11.4. The topological polar surface area (TPSA) is 157 Å². The molecule has 2 unspecified atom stereocenters. The first kappa shape index (κ1) is 38.9. The van der Waals surface area contributed by atoms with Gasteiger partial charge in [-0.2, -0.15) is 0 Å². The fourth-order valence-electron chi connectivity index (χ4n) is 8.04. The largest absolute Gasteiger partial charge is 0.458 e. The van der Waals surface area contributed by atoms with Crippen LogP contribution in [0.2, 0.25) is 0 Å². The maximum atomic E-state index is 14.2. The van der Waals surface area contributed by atoms with E-state index in [1.54, 1.807) is 21.0 Å². The summed E-state index contributed by atoms with van der Waals surface area (Å²) in [7, 11) is 5.45. The third-order valence-corrected chi connectivity index (χ3v) is 11.4. The number of alkyl carbamates (subject to hydrolysis) is 1. The zero-order chi connectivity index (χ0) is 35.7. The Kier molecular flexibility index (Phi) is 12.6. The van der Waals surface area contributed by atoms with Crippen molar-refractivity contribution in [3.05, 3.63) is 0 Å². The van der Waals surface area contributed by atoms with Gasteiger partial charge >= 0.3 is 12.1 Å². The fraction of sp³-hybridized carbons (Fsp3) is 0.914. The number of amides is 1. The van der Waals surface area contributed by atoms with E-state index < -0.39 is 65.7 Å². The van der Waals surface area contributed by atoms with Gasteiger partial charge in [0.1, 0.15) is 18.1 Å². The molecule has 0 aromatic carbocycles. The highest BCUT2D eigenvalue weighted by Crippen LogP contribution is 2.38. The number of likely N-dealkylation sites (N-methyl/N-ethyl adjacent to an activating group) is 1. The Bertz CT molecular complexity index is 1140. The number of fused-ring (bicyclic) bond motifs is 1. The highest BCUT2D eigenvalue weighted by atomic mass is 16.7. The number of esters is 1. The molecule has 4 aliphatic rings. The van der Waals surface area contributed by atoms with Crippen molar-refractivity contribution >= 4 is 17.8 Å². The van der Waals surface area contributed by atoms with Crippen LogP contribution in [-0.2, 0) is 33.3 Å². The number of Topliss-reactive ketones (excluding diaryl/α,β-unsaturated/α-hetero) is 1. The quantitative estimate of drug-likeness (QED) is 0.219. The van der Waals surface area contributed by atoms with Crippen LogP contribution in [0.5, 0.6) is 0 Å². The highest BCUT2D eigenvalue weighted by Gasteiger charge is 2.55. The van der Waals surface area contributed by atoms with E-state index in [0.29, 0.717) is 44.3 Å². The predicted octanol–water partition coefficient (Wildman–Crippen LogP) is 2.23. The number of aliphatic hydroxyl groups is 1. The van der Waals surface area contributed by atoms with Crippen LogP contribution in [0.4, 0.5) is 4.79 Å². The van der Waals surface area contributed by atoms with Crippen LogP contribution < -0.4 is 16.0 Å². The fourth-order valence-corrected chi connectivity index (χ4v) is 8.04. The smallest absolute Gasteiger partial charge is 0.408 e. The summed E-state index contributed by atoms with van der Waals surface area (Å²) >= 11 is 0. The van der Waals surface area contributed by atoms with Gasteiger partial charge in [-0.25, -0.2) is 4.79 Å². The van der Waals surface area contributed by atoms with E-state index >= 15 is 0 Å². The molecule has 3 aliphatic heterocycles. The summed E-state index contributed by atoms with van der Waals surface area (Å²) in [5.41, 5.74) is -2.17. The minimum absolute atomic E-state index is 0.0293. The minimum atomic E-state index is -1.15. The lowest BCUT2D eigenvalue weighted by molar-refractivity contribution is -0.297. The standard InChI is InChI=1S/C35H62N4O9/c1-12-26-35(8)29(38-33(43)48-35)22(6)36-16-18(2)15-34(7,44-11)30(20(4)27(40)21(5)31(42)46-26)47-32-28(41)25(39(9)10)14-23(45-32)17-37-24-13-19(24)3/h18-26,28-30,32,36-37,41H,12-17H2,1-11H3,(H,38,43)/t18-,19+,20+,21-,22-,23+,24+,25?,26-,28?,29-,30-,32+,34-,35-/m1/s1. The van der Waals surface area contributed by atoms with Gasteiger partial charge in [-0.1, -0.05) is 27.7 Å². The van der Waals surface area contributed by atoms with Crippen molar-refractivity contribution in [3.63, 3.8) is 0 Å². The van der Waals surface area contributed by atoms with Crippen molar-refractivity contribution in [2.75, 3.05) is 34.3 Å². The lowest BCUT2D eigenvalue weighted by Crippen LogP contribution is -2.60. The Morgan fingerprint density at radius 1 is 1.08 bits per heavy atom. The predicted molar refractivity (Wildman–Crippen MR) is 179 cm³/mol. The number of nitrogens with one attached hydrogen (secondary N) is 3. The van der Waals surface area contributed by atoms with Gasteiger partial charge in [-0.3, -0.25) is 9.59 Å². The number of cyclic esters (lactones) is 1. The average Bonchev–Trinajstić information content (AvgIpc) is 3.66. The Hall–Kier alpha value is -1.87. The summed E-state index contributed by atoms with van der Waals surface area (Å²) in [4.78, 5) is 42.3. The molecule has 13 nitrogen and oxygen atoms in total. The molecule has 15 atom stereocenters. The highest BCUT2D eigenvalue weighted by molar-refractivity contribution is 6.00. The SMILES string of the molecule is CC[C@H]1OC(=O)[C@H](C)C(=O)[C@H](C)[C@@H](O[C@@H]2O[C@H](CN[C@H]3C[C@@H]3C)CC(N(C)C)C2O)[C@](C)(OC)C[C@@H](C)CN[C@H](C)[C@H]2NC(=O)O[C@@]21C. The molecule has 3 saturated heterocycles. The number of hydrogen-bond acceptors (Lipinski definition) is 12. The van der Waals surface area contributed by atoms with Crippen LogP contribution in [0.15, 0.2) is 0 Å². The molecule has 4 rings (SSSR count). The third kappa shape index (κ3) is 8.35. The number of rotatable bonds is 8. The van der Waals surface area contributed by atoms with Crippen LogP contribution in [0.25, 0.3) is 0 Å². The molecule has 13 heteroatoms. The van der Waals surface area contributed by atoms with Crippen molar-refractivity contribution in [1.29, 1.82) is 0 Å². The van der Waals surface area contributed by atoms with Crippen molar-refractivity contribution < 1.29 is 43.2 Å². The van der Waals surface area contributed by atoms with E-state index in [-0.39, 0.29) is 29.9 Å². The average molecular weight is 683 g/mol. The normalized spacial score (nSPS) is 46.2. The van der Waals surface area contributed by atoms with Crippen molar-refractivity contribution in [3.8, 4) is 0 Å². The maximum absolute atomic E-state index is 14.2. The lowest BCUT2D eigenvalue weighted by atomic mass is 9.78. The molecule has 0 aromatic rings. The molecule has 0 aromatic heterocycles. The molecule has 1 saturated carbocycles. The van der Waals surface area contributed by atoms with Crippen LogP contribution in [0.1, 0.15) is 81.1 Å². The van der Waals surface area contributed by atoms with E-state index in [1.807, 2.05) is 39.8 Å². The molecule has 3 heterocycles. The van der Waals surface area contributed by atoms with Gasteiger partial charge in [0.2, 0.25) is 0 Å². The maximum Gasteiger partial charge on any atom is 0.408 e. The number of hydrogen-bond donors (Lipinski definition) is 4. The molecule has 4 N–H and O–H groups in total. The zero-order valence-corrected chi connectivity index (χ0v) is 30.9. The second kappa shape index (κ2) is 15.6. The number of ether oxygens (including phenoxy) is 5. The van der Waals surface area contributed by atoms with E-state index in [9.17, 15) is 19.5 Å². The first-order valence-corrected chi connectivity index (χ1v) is 17.9. The minimum Gasteiger partial charge on any atom is -0.458 e. The summed E-state index contributed by atoms with van der Waals surface area (Å²) in [5, 5.41) is 21.6. The van der Waals surface area contributed by atoms with Crippen molar-refractivity contribution in [1.82, 2.24) is 20.9 Å². The van der Waals surface area contributed by atoms with Gasteiger partial charge in [0, 0.05) is 37.7 Å². The molecular formula is C35H62N4O9. The number of ketones is 1. The van der Waals surface area contributed by atoms with Crippen LogP contribution in [0.3, 0.4) is 0 Å². The van der Waals surface area contributed by atoms with E-state index in [1.165, 1.54) is 6.92 Å². The van der Waals surface area contributed by atoms with Gasteiger partial charge in [0.15, 0.2) is 17.7 Å². The Labute approximate surface area is 286 Å². The summed E-state index contributed by atoms with van der Waals surface area (Å²) in [6, 6.07) is -0.497. The van der Waals surface area contributed by atoms with Gasteiger partial charge < -0.3 is 49.6 Å². The molecule has 4 fully saturated rings. The molecule has 0 radical (unpaired) electrons. The number of aliphatic hydroxyl groups excluding tert-OH is 1. The summed E-state index contributed by atoms with van der Waals surface area (Å²) in [6.45, 7) is 16.2. The zero-order valence-electron chi connectivity index (χ0n) is 30.9. The van der Waals surface area contributed by atoms with Crippen LogP contribution >= 0.6 is 0 Å². The van der Waals surface area contributed by atoms with Gasteiger partial charge in [0.25, 0.3) is 0 Å². The van der Waals surface area contributed by atoms with Crippen molar-refractivity contribution in [2.24, 2.45) is 23.7 Å². The first-order chi connectivity index (χ1) is 22.4. The number of carbonyl (C=O) groups is 3. The van der Waals surface area contributed by atoms with Gasteiger partial charge in [-0.05, 0) is 85.9 Å². The number of nitrogens with zero attached hydrogens (tertiary/aromatic N) is 1. The summed E-state index contributed by atoms with van der Waals surface area (Å²) in [5.74, 6) is -2.40. The van der Waals surface area contributed by atoms with Crippen LogP contribution in [-0.4, -0.2) is 128 Å². The molecule has 1 aliphatic carbocycles. The molecular weight excluding hydrogens is 620 g/mol. The Balaban J connectivity index is 1.66. The summed E-state index contributed by atoms with van der Waals surface area (Å²) < 4.78 is 31.1. The van der Waals surface area contributed by atoms with Crippen molar-refractivity contribution in [2.45, 2.75) is 147 Å². The molecule has 1 amide bonds. The lowest BCUT2D eigenvalue weighted by Gasteiger charge is -2.47. The second-order valence-corrected chi connectivity index (χ2v) is 15.6. The summed E-state index contributed by atoms with van der Waals surface area (Å²) in [6.07, 6.45) is -1.87. The Morgan fingerprint density at radius 3 is 2.33 bits per heavy atom. The number of methoxy groups -OCH3 is 1. The van der Waals surface area contributed by atoms with Crippen LogP contribution in [0, 0.1) is 23.7 Å². The Morgan fingerprint density at radius 2 is 1.75 bits per heavy atom. The van der Waals surface area contributed by atoms with E-state index in [2.05, 4.69) is 29.8 Å². The molecule has 48 heavy (non-hydrogen) atoms. The van der Waals surface area contributed by atoms with Gasteiger partial charge in [-0.15, -0.1) is 0 Å². The number of carbonyl (C=O) groups excluding carboxylic acids is 3. The van der Waals surface area contributed by atoms with Gasteiger partial charge in [0.05, 0.1) is 23.9 Å². The first-order valence-electron chi connectivity index (χ1n) is 17.9. The molecule has 276 valence electrons. The van der Waals surface area contributed by atoms with E-state index in [4.69, 9.17) is 23.7 Å². The second-order valence-electron chi connectivity index (χ2n) is 15.6. The monoisotopic (exact) mass is 682 g/mol. The molecule has 0 spiro atoms.